The van der Waals surface area contributed by atoms with Crippen molar-refractivity contribution >= 4 is 29.2 Å². The molecule has 0 amide bonds. The second-order valence-electron chi connectivity index (χ2n) is 4.37. The topological polar surface area (TPSA) is 75.1 Å². The van der Waals surface area contributed by atoms with Gasteiger partial charge in [0.25, 0.3) is 0 Å². The molecule has 0 aliphatic rings. The van der Waals surface area contributed by atoms with Gasteiger partial charge in [-0.05, 0) is 24.6 Å². The fourth-order valence-corrected chi connectivity index (χ4v) is 1.83. The first-order valence-corrected chi connectivity index (χ1v) is 6.27. The van der Waals surface area contributed by atoms with Gasteiger partial charge < -0.3 is 10.4 Å². The average molecular weight is 332 g/mol. The lowest BCUT2D eigenvalue weighted by Crippen LogP contribution is -2.17. The molecule has 5 nitrogen and oxygen atoms in total. The Morgan fingerprint density at radius 2 is 2.05 bits per heavy atom. The molecule has 116 valence electrons. The fourth-order valence-electron chi connectivity index (χ4n) is 1.67. The van der Waals surface area contributed by atoms with Gasteiger partial charge in [-0.25, -0.2) is 14.8 Å². The normalized spacial score (nSPS) is 11.3. The molecule has 9 heteroatoms. The van der Waals surface area contributed by atoms with Crippen molar-refractivity contribution < 1.29 is 23.1 Å². The Morgan fingerprint density at radius 3 is 2.64 bits per heavy atom. The SMILES string of the molecule is Cc1ccc(Cl)c(Nc2ncc(C(=O)O)c(C(F)(F)F)n2)c1. The van der Waals surface area contributed by atoms with Crippen molar-refractivity contribution in [1.82, 2.24) is 9.97 Å². The highest BCUT2D eigenvalue weighted by molar-refractivity contribution is 6.33. The molecule has 1 aromatic carbocycles. The molecule has 2 aromatic rings. The van der Waals surface area contributed by atoms with Gasteiger partial charge in [0.2, 0.25) is 5.95 Å². The number of anilines is 2. The number of hydrogen-bond donors (Lipinski definition) is 2. The third-order valence-electron chi connectivity index (χ3n) is 2.66. The van der Waals surface area contributed by atoms with Crippen LogP contribution in [0.15, 0.2) is 24.4 Å². The molecule has 0 spiro atoms. The van der Waals surface area contributed by atoms with E-state index in [-0.39, 0.29) is 5.02 Å². The van der Waals surface area contributed by atoms with E-state index in [4.69, 9.17) is 16.7 Å². The van der Waals surface area contributed by atoms with E-state index in [1.165, 1.54) is 0 Å². The molecular formula is C13H9ClF3N3O2. The van der Waals surface area contributed by atoms with Crippen LogP contribution in [0.1, 0.15) is 21.6 Å². The van der Waals surface area contributed by atoms with Crippen LogP contribution in [-0.4, -0.2) is 21.0 Å². The summed E-state index contributed by atoms with van der Waals surface area (Å²) in [5.74, 6) is -2.16. The minimum atomic E-state index is -4.91. The van der Waals surface area contributed by atoms with Gasteiger partial charge in [0.15, 0.2) is 5.69 Å². The van der Waals surface area contributed by atoms with Crippen LogP contribution in [0, 0.1) is 6.92 Å². The van der Waals surface area contributed by atoms with Crippen molar-refractivity contribution in [3.05, 3.63) is 46.2 Å². The van der Waals surface area contributed by atoms with Crippen LogP contribution in [-0.2, 0) is 6.18 Å². The first-order valence-electron chi connectivity index (χ1n) is 5.89. The zero-order valence-electron chi connectivity index (χ0n) is 11.1. The summed E-state index contributed by atoms with van der Waals surface area (Å²) in [6, 6.07) is 4.89. The van der Waals surface area contributed by atoms with E-state index in [1.807, 2.05) is 0 Å². The molecule has 0 radical (unpaired) electrons. The zero-order valence-corrected chi connectivity index (χ0v) is 11.8. The summed E-state index contributed by atoms with van der Waals surface area (Å²) in [4.78, 5) is 17.6. The van der Waals surface area contributed by atoms with E-state index in [0.29, 0.717) is 11.9 Å². The molecule has 0 unspecified atom stereocenters. The van der Waals surface area contributed by atoms with Gasteiger partial charge in [0, 0.05) is 6.20 Å². The molecule has 2 N–H and O–H groups in total. The number of carboxylic acid groups (broad SMARTS) is 1. The zero-order chi connectivity index (χ0) is 16.5. The van der Waals surface area contributed by atoms with Crippen molar-refractivity contribution in [2.24, 2.45) is 0 Å². The molecule has 0 atom stereocenters. The third-order valence-corrected chi connectivity index (χ3v) is 2.99. The number of hydrogen-bond acceptors (Lipinski definition) is 4. The maximum absolute atomic E-state index is 12.9. The van der Waals surface area contributed by atoms with Crippen LogP contribution in [0.3, 0.4) is 0 Å². The molecule has 0 aliphatic carbocycles. The molecule has 2 rings (SSSR count). The molecule has 1 heterocycles. The number of aryl methyl sites for hydroxylation is 1. The number of aromatic carboxylic acids is 1. The van der Waals surface area contributed by atoms with E-state index in [9.17, 15) is 18.0 Å². The smallest absolute Gasteiger partial charge is 0.434 e. The Kier molecular flexibility index (Phi) is 4.23. The van der Waals surface area contributed by atoms with Gasteiger partial charge in [-0.15, -0.1) is 0 Å². The highest BCUT2D eigenvalue weighted by atomic mass is 35.5. The summed E-state index contributed by atoms with van der Waals surface area (Å²) in [6.45, 7) is 1.77. The summed E-state index contributed by atoms with van der Waals surface area (Å²) in [5.41, 5.74) is -1.40. The molecule has 1 aromatic heterocycles. The highest BCUT2D eigenvalue weighted by Crippen LogP contribution is 2.32. The van der Waals surface area contributed by atoms with Gasteiger partial charge in [-0.1, -0.05) is 17.7 Å². The molecule has 0 saturated heterocycles. The maximum atomic E-state index is 12.9. The van der Waals surface area contributed by atoms with Crippen LogP contribution in [0.5, 0.6) is 0 Å². The minimum Gasteiger partial charge on any atom is -0.478 e. The lowest BCUT2D eigenvalue weighted by Gasteiger charge is -2.12. The summed E-state index contributed by atoms with van der Waals surface area (Å²) >= 11 is 5.92. The monoisotopic (exact) mass is 331 g/mol. The maximum Gasteiger partial charge on any atom is 0.434 e. The molecule has 0 saturated carbocycles. The Hall–Kier alpha value is -2.35. The first-order chi connectivity index (χ1) is 10.2. The van der Waals surface area contributed by atoms with Crippen molar-refractivity contribution in [2.45, 2.75) is 13.1 Å². The number of rotatable bonds is 3. The summed E-state index contributed by atoms with van der Waals surface area (Å²) in [5, 5.41) is 11.6. The van der Waals surface area contributed by atoms with E-state index in [1.54, 1.807) is 25.1 Å². The average Bonchev–Trinajstić information content (AvgIpc) is 2.41. The number of halogens is 4. The number of aromatic nitrogens is 2. The predicted molar refractivity (Wildman–Crippen MR) is 73.5 cm³/mol. The van der Waals surface area contributed by atoms with E-state index >= 15 is 0 Å². The van der Waals surface area contributed by atoms with Crippen LogP contribution >= 0.6 is 11.6 Å². The van der Waals surface area contributed by atoms with Crippen LogP contribution in [0.4, 0.5) is 24.8 Å². The van der Waals surface area contributed by atoms with Crippen molar-refractivity contribution in [3.8, 4) is 0 Å². The fraction of sp³-hybridized carbons (Fsp3) is 0.154. The lowest BCUT2D eigenvalue weighted by atomic mass is 10.2. The Morgan fingerprint density at radius 1 is 1.36 bits per heavy atom. The minimum absolute atomic E-state index is 0.269. The number of alkyl halides is 3. The lowest BCUT2D eigenvalue weighted by molar-refractivity contribution is -0.141. The molecule has 22 heavy (non-hydrogen) atoms. The van der Waals surface area contributed by atoms with Crippen LogP contribution in [0.25, 0.3) is 0 Å². The highest BCUT2D eigenvalue weighted by Gasteiger charge is 2.38. The van der Waals surface area contributed by atoms with Gasteiger partial charge in [0.1, 0.15) is 5.56 Å². The van der Waals surface area contributed by atoms with E-state index in [2.05, 4.69) is 15.3 Å². The number of carboxylic acids is 1. The molecule has 0 bridgehead atoms. The van der Waals surface area contributed by atoms with Crippen molar-refractivity contribution in [1.29, 1.82) is 0 Å². The second kappa shape index (κ2) is 5.80. The molecule has 0 fully saturated rings. The van der Waals surface area contributed by atoms with Crippen molar-refractivity contribution in [2.75, 3.05) is 5.32 Å². The Labute approximate surface area is 127 Å². The first kappa shape index (κ1) is 16.0. The standard InChI is InChI=1S/C13H9ClF3N3O2/c1-6-2-3-8(14)9(4-6)19-12-18-5-7(11(21)22)10(20-12)13(15,16)17/h2-5H,1H3,(H,21,22)(H,18,19,20). The quantitative estimate of drug-likeness (QED) is 0.892. The summed E-state index contributed by atoms with van der Waals surface area (Å²) in [6.07, 6.45) is -4.31. The van der Waals surface area contributed by atoms with Crippen LogP contribution < -0.4 is 5.32 Å². The number of benzene rings is 1. The number of nitrogens with one attached hydrogen (secondary N) is 1. The van der Waals surface area contributed by atoms with Crippen LogP contribution in [0.2, 0.25) is 5.02 Å². The number of nitrogens with zero attached hydrogens (tertiary/aromatic N) is 2. The largest absolute Gasteiger partial charge is 0.478 e. The van der Waals surface area contributed by atoms with E-state index in [0.717, 1.165) is 5.56 Å². The molecular weight excluding hydrogens is 323 g/mol. The Bertz CT molecular complexity index is 735. The van der Waals surface area contributed by atoms with Crippen molar-refractivity contribution in [3.63, 3.8) is 0 Å². The summed E-state index contributed by atoms with van der Waals surface area (Å²) in [7, 11) is 0. The predicted octanol–water partition coefficient (Wildman–Crippen LogP) is 3.90. The molecule has 0 aliphatic heterocycles. The van der Waals surface area contributed by atoms with Gasteiger partial charge in [-0.2, -0.15) is 13.2 Å². The number of carbonyl (C=O) groups is 1. The van der Waals surface area contributed by atoms with Gasteiger partial charge in [-0.3, -0.25) is 0 Å². The second-order valence-corrected chi connectivity index (χ2v) is 4.77. The van der Waals surface area contributed by atoms with Gasteiger partial charge >= 0.3 is 12.1 Å². The Balaban J connectivity index is 2.45. The van der Waals surface area contributed by atoms with Gasteiger partial charge in [0.05, 0.1) is 10.7 Å². The van der Waals surface area contributed by atoms with E-state index < -0.39 is 29.4 Å². The third kappa shape index (κ3) is 3.45. The summed E-state index contributed by atoms with van der Waals surface area (Å²) < 4.78 is 38.6.